The summed E-state index contributed by atoms with van der Waals surface area (Å²) in [7, 11) is 0. The fourth-order valence-corrected chi connectivity index (χ4v) is 2.40. The van der Waals surface area contributed by atoms with Gasteiger partial charge in [0.05, 0.1) is 0 Å². The number of halogens is 3. The molecule has 2 aromatic carbocycles. The summed E-state index contributed by atoms with van der Waals surface area (Å²) in [5.41, 5.74) is 0.784. The van der Waals surface area contributed by atoms with Gasteiger partial charge in [-0.2, -0.15) is 0 Å². The van der Waals surface area contributed by atoms with Crippen LogP contribution in [0, 0.1) is 24.4 Å². The lowest BCUT2D eigenvalue weighted by atomic mass is 9.96. The largest absolute Gasteiger partial charge is 0.310 e. The highest BCUT2D eigenvalue weighted by molar-refractivity contribution is 5.31. The molecule has 2 aromatic rings. The number of hydrogen-bond donors (Lipinski definition) is 1. The van der Waals surface area contributed by atoms with Crippen LogP contribution >= 0.6 is 0 Å². The van der Waals surface area contributed by atoms with Crippen molar-refractivity contribution in [3.8, 4) is 0 Å². The average molecular weight is 293 g/mol. The third-order valence-corrected chi connectivity index (χ3v) is 3.50. The number of benzene rings is 2. The summed E-state index contributed by atoms with van der Waals surface area (Å²) in [6.07, 6.45) is 0.192. The van der Waals surface area contributed by atoms with Gasteiger partial charge in [-0.3, -0.25) is 0 Å². The second kappa shape index (κ2) is 6.76. The number of hydrogen-bond acceptors (Lipinski definition) is 1. The molecule has 0 amide bonds. The number of nitrogens with one attached hydrogen (secondary N) is 1. The van der Waals surface area contributed by atoms with E-state index in [2.05, 4.69) is 5.32 Å². The second-order valence-electron chi connectivity index (χ2n) is 5.00. The van der Waals surface area contributed by atoms with Crippen LogP contribution in [-0.2, 0) is 6.42 Å². The van der Waals surface area contributed by atoms with Crippen molar-refractivity contribution in [2.24, 2.45) is 0 Å². The highest BCUT2D eigenvalue weighted by Crippen LogP contribution is 2.27. The third kappa shape index (κ3) is 3.45. The number of aryl methyl sites for hydroxylation is 1. The summed E-state index contributed by atoms with van der Waals surface area (Å²) in [6.45, 7) is 3.97. The first kappa shape index (κ1) is 15.6. The molecule has 0 aliphatic carbocycles. The molecule has 0 aliphatic heterocycles. The zero-order valence-electron chi connectivity index (χ0n) is 12.1. The van der Waals surface area contributed by atoms with Gasteiger partial charge in [0.2, 0.25) is 0 Å². The van der Waals surface area contributed by atoms with Gasteiger partial charge in [0.15, 0.2) is 0 Å². The van der Waals surface area contributed by atoms with Gasteiger partial charge in [-0.25, -0.2) is 13.2 Å². The van der Waals surface area contributed by atoms with Gasteiger partial charge in [-0.1, -0.05) is 31.2 Å². The molecule has 4 heteroatoms. The van der Waals surface area contributed by atoms with Crippen molar-refractivity contribution >= 4 is 0 Å². The van der Waals surface area contributed by atoms with E-state index in [0.29, 0.717) is 17.7 Å². The minimum atomic E-state index is -0.611. The molecule has 1 atom stereocenters. The van der Waals surface area contributed by atoms with Crippen molar-refractivity contribution < 1.29 is 13.2 Å². The van der Waals surface area contributed by atoms with Crippen molar-refractivity contribution in [3.63, 3.8) is 0 Å². The van der Waals surface area contributed by atoms with E-state index >= 15 is 0 Å². The number of likely N-dealkylation sites (N-methyl/N-ethyl adjacent to an activating group) is 1. The van der Waals surface area contributed by atoms with E-state index in [9.17, 15) is 13.2 Å². The van der Waals surface area contributed by atoms with Crippen molar-refractivity contribution in [2.45, 2.75) is 26.3 Å². The molecule has 0 spiro atoms. The molecule has 0 aromatic heterocycles. The molecule has 0 saturated heterocycles. The fourth-order valence-electron chi connectivity index (χ4n) is 2.40. The molecule has 1 N–H and O–H groups in total. The molecular weight excluding hydrogens is 275 g/mol. The zero-order valence-corrected chi connectivity index (χ0v) is 12.1. The predicted octanol–water partition coefficient (Wildman–Crippen LogP) is 4.31. The molecule has 0 bridgehead atoms. The Morgan fingerprint density at radius 1 is 1.00 bits per heavy atom. The summed E-state index contributed by atoms with van der Waals surface area (Å²) < 4.78 is 42.1. The predicted molar refractivity (Wildman–Crippen MR) is 77.6 cm³/mol. The molecule has 112 valence electrons. The maximum absolute atomic E-state index is 14.3. The van der Waals surface area contributed by atoms with Crippen LogP contribution in [0.1, 0.15) is 29.7 Å². The monoisotopic (exact) mass is 293 g/mol. The molecule has 0 aliphatic rings. The first-order chi connectivity index (χ1) is 10.0. The quantitative estimate of drug-likeness (QED) is 0.866. The lowest BCUT2D eigenvalue weighted by Gasteiger charge is -2.21. The Kier molecular flexibility index (Phi) is 5.02. The van der Waals surface area contributed by atoms with Gasteiger partial charge in [0.1, 0.15) is 17.5 Å². The van der Waals surface area contributed by atoms with Crippen molar-refractivity contribution in [1.82, 2.24) is 5.32 Å². The van der Waals surface area contributed by atoms with Gasteiger partial charge in [0, 0.05) is 11.6 Å². The normalized spacial score (nSPS) is 12.4. The van der Waals surface area contributed by atoms with Gasteiger partial charge in [0.25, 0.3) is 0 Å². The van der Waals surface area contributed by atoms with Gasteiger partial charge >= 0.3 is 0 Å². The maximum Gasteiger partial charge on any atom is 0.133 e. The van der Waals surface area contributed by atoms with Crippen LogP contribution in [0.4, 0.5) is 13.2 Å². The molecule has 2 rings (SSSR count). The average Bonchev–Trinajstić information content (AvgIpc) is 2.46. The second-order valence-corrected chi connectivity index (χ2v) is 5.00. The summed E-state index contributed by atoms with van der Waals surface area (Å²) in [5, 5.41) is 3.04. The molecule has 1 unspecified atom stereocenters. The van der Waals surface area contributed by atoms with Crippen LogP contribution in [0.3, 0.4) is 0 Å². The van der Waals surface area contributed by atoms with Gasteiger partial charge in [-0.05, 0) is 43.1 Å². The van der Waals surface area contributed by atoms with Crippen molar-refractivity contribution in [1.29, 1.82) is 0 Å². The third-order valence-electron chi connectivity index (χ3n) is 3.50. The topological polar surface area (TPSA) is 12.0 Å². The molecule has 1 nitrogen and oxygen atoms in total. The Morgan fingerprint density at radius 2 is 1.71 bits per heavy atom. The molecule has 0 radical (unpaired) electrons. The minimum absolute atomic E-state index is 0.0277. The highest BCUT2D eigenvalue weighted by Gasteiger charge is 2.22. The Bertz CT molecular complexity index is 625. The standard InChI is InChI=1S/C17H18F3N/c1-3-21-15(10-12-6-4-5-7-13(12)18)16-14(19)9-8-11(2)17(16)20/h4-9,15,21H,3,10H2,1-2H3. The summed E-state index contributed by atoms with van der Waals surface area (Å²) >= 11 is 0. The van der Waals surface area contributed by atoms with E-state index in [0.717, 1.165) is 0 Å². The highest BCUT2D eigenvalue weighted by atomic mass is 19.1. The van der Waals surface area contributed by atoms with E-state index in [1.807, 2.05) is 6.92 Å². The first-order valence-corrected chi connectivity index (χ1v) is 6.95. The van der Waals surface area contributed by atoms with E-state index < -0.39 is 17.7 Å². The van der Waals surface area contributed by atoms with Crippen LogP contribution < -0.4 is 5.32 Å². The van der Waals surface area contributed by atoms with E-state index in [-0.39, 0.29) is 17.8 Å². The Morgan fingerprint density at radius 3 is 2.38 bits per heavy atom. The molecule has 21 heavy (non-hydrogen) atoms. The minimum Gasteiger partial charge on any atom is -0.310 e. The Hall–Kier alpha value is -1.81. The SMILES string of the molecule is CCNC(Cc1ccccc1F)c1c(F)ccc(C)c1F. The van der Waals surface area contributed by atoms with Gasteiger partial charge in [-0.15, -0.1) is 0 Å². The smallest absolute Gasteiger partial charge is 0.133 e. The lowest BCUT2D eigenvalue weighted by molar-refractivity contribution is 0.464. The van der Waals surface area contributed by atoms with E-state index in [1.54, 1.807) is 25.1 Å². The van der Waals surface area contributed by atoms with Crippen LogP contribution in [0.25, 0.3) is 0 Å². The Balaban J connectivity index is 2.40. The van der Waals surface area contributed by atoms with Crippen LogP contribution in [-0.4, -0.2) is 6.54 Å². The Labute approximate surface area is 122 Å². The van der Waals surface area contributed by atoms with Crippen LogP contribution in [0.5, 0.6) is 0 Å². The van der Waals surface area contributed by atoms with E-state index in [1.165, 1.54) is 18.2 Å². The van der Waals surface area contributed by atoms with Crippen molar-refractivity contribution in [2.75, 3.05) is 6.54 Å². The van der Waals surface area contributed by atoms with Gasteiger partial charge < -0.3 is 5.32 Å². The fraction of sp³-hybridized carbons (Fsp3) is 0.294. The summed E-state index contributed by atoms with van der Waals surface area (Å²) in [4.78, 5) is 0. The lowest BCUT2D eigenvalue weighted by Crippen LogP contribution is -2.25. The molecule has 0 saturated carbocycles. The summed E-state index contributed by atoms with van der Waals surface area (Å²) in [5.74, 6) is -1.55. The van der Waals surface area contributed by atoms with Crippen LogP contribution in [0.15, 0.2) is 36.4 Å². The van der Waals surface area contributed by atoms with E-state index in [4.69, 9.17) is 0 Å². The zero-order chi connectivity index (χ0) is 15.4. The first-order valence-electron chi connectivity index (χ1n) is 6.95. The number of rotatable bonds is 5. The molecule has 0 fully saturated rings. The molecular formula is C17H18F3N. The molecule has 0 heterocycles. The summed E-state index contributed by atoms with van der Waals surface area (Å²) in [6, 6.07) is 8.33. The van der Waals surface area contributed by atoms with Crippen LogP contribution in [0.2, 0.25) is 0 Å². The maximum atomic E-state index is 14.3. The van der Waals surface area contributed by atoms with Crippen molar-refractivity contribution in [3.05, 3.63) is 70.5 Å².